The van der Waals surface area contributed by atoms with Crippen LogP contribution in [0.4, 0.5) is 5.69 Å². The molecule has 1 amide bonds. The molecule has 2 atom stereocenters. The standard InChI is InChI=1S/C13H21N3O2/c1-9(15-8-12(17)13(14)18)10-4-6-11(7-5-10)16(2)3/h4-7,9,12,15,17H,8H2,1-3H3,(H2,14,18). The first-order valence-corrected chi connectivity index (χ1v) is 5.90. The van der Waals surface area contributed by atoms with Gasteiger partial charge in [-0.2, -0.15) is 0 Å². The van der Waals surface area contributed by atoms with E-state index in [1.165, 1.54) is 0 Å². The van der Waals surface area contributed by atoms with Crippen LogP contribution in [0.5, 0.6) is 0 Å². The number of carbonyl (C=O) groups excluding carboxylic acids is 1. The number of primary amides is 1. The molecule has 0 saturated carbocycles. The molecule has 4 N–H and O–H groups in total. The first-order chi connectivity index (χ1) is 8.41. The van der Waals surface area contributed by atoms with E-state index in [1.807, 2.05) is 50.2 Å². The zero-order valence-corrected chi connectivity index (χ0v) is 11.1. The largest absolute Gasteiger partial charge is 0.382 e. The fourth-order valence-electron chi connectivity index (χ4n) is 1.57. The molecule has 1 aromatic rings. The molecular formula is C13H21N3O2. The Bertz CT molecular complexity index is 390. The number of aliphatic hydroxyl groups is 1. The van der Waals surface area contributed by atoms with E-state index in [0.29, 0.717) is 0 Å². The lowest BCUT2D eigenvalue weighted by molar-refractivity contribution is -0.125. The van der Waals surface area contributed by atoms with E-state index >= 15 is 0 Å². The molecule has 0 fully saturated rings. The first kappa shape index (κ1) is 14.5. The molecule has 0 heterocycles. The van der Waals surface area contributed by atoms with E-state index in [4.69, 9.17) is 5.73 Å². The minimum atomic E-state index is -1.14. The summed E-state index contributed by atoms with van der Waals surface area (Å²) >= 11 is 0. The monoisotopic (exact) mass is 251 g/mol. The highest BCUT2D eigenvalue weighted by molar-refractivity contribution is 5.78. The average Bonchev–Trinajstić information content (AvgIpc) is 2.35. The van der Waals surface area contributed by atoms with Crippen molar-refractivity contribution in [3.63, 3.8) is 0 Å². The van der Waals surface area contributed by atoms with Crippen LogP contribution in [-0.2, 0) is 4.79 Å². The van der Waals surface area contributed by atoms with Gasteiger partial charge in [-0.05, 0) is 24.6 Å². The van der Waals surface area contributed by atoms with Crippen molar-refractivity contribution in [2.45, 2.75) is 19.1 Å². The normalized spacial score (nSPS) is 14.0. The molecule has 0 aliphatic heterocycles. The summed E-state index contributed by atoms with van der Waals surface area (Å²) in [6, 6.07) is 8.14. The highest BCUT2D eigenvalue weighted by Gasteiger charge is 2.12. The number of hydrogen-bond acceptors (Lipinski definition) is 4. The van der Waals surface area contributed by atoms with Crippen LogP contribution in [0.1, 0.15) is 18.5 Å². The van der Waals surface area contributed by atoms with Gasteiger partial charge < -0.3 is 21.1 Å². The molecule has 0 saturated heterocycles. The number of anilines is 1. The zero-order chi connectivity index (χ0) is 13.7. The molecule has 1 rings (SSSR count). The summed E-state index contributed by atoms with van der Waals surface area (Å²) in [6.07, 6.45) is -1.14. The number of hydrogen-bond donors (Lipinski definition) is 3. The molecule has 0 radical (unpaired) electrons. The number of rotatable bonds is 6. The van der Waals surface area contributed by atoms with Crippen LogP contribution < -0.4 is 16.0 Å². The second kappa shape index (κ2) is 6.37. The van der Waals surface area contributed by atoms with Gasteiger partial charge in [0.2, 0.25) is 5.91 Å². The van der Waals surface area contributed by atoms with Crippen LogP contribution in [0.25, 0.3) is 0 Å². The maximum absolute atomic E-state index is 10.7. The summed E-state index contributed by atoms with van der Waals surface area (Å²) in [5.74, 6) is -0.711. The zero-order valence-electron chi connectivity index (χ0n) is 11.1. The molecule has 5 nitrogen and oxygen atoms in total. The van der Waals surface area contributed by atoms with E-state index in [0.717, 1.165) is 11.3 Å². The quantitative estimate of drug-likeness (QED) is 0.677. The Morgan fingerprint density at radius 1 is 1.39 bits per heavy atom. The predicted octanol–water partition coefficient (Wildman–Crippen LogP) is 0.249. The Kier molecular flexibility index (Phi) is 5.12. The van der Waals surface area contributed by atoms with Gasteiger partial charge in [-0.15, -0.1) is 0 Å². The van der Waals surface area contributed by atoms with Crippen molar-refractivity contribution in [3.8, 4) is 0 Å². The lowest BCUT2D eigenvalue weighted by Gasteiger charge is -2.18. The maximum atomic E-state index is 10.7. The molecule has 18 heavy (non-hydrogen) atoms. The molecule has 0 aliphatic carbocycles. The number of benzene rings is 1. The highest BCUT2D eigenvalue weighted by atomic mass is 16.3. The van der Waals surface area contributed by atoms with Gasteiger partial charge in [-0.3, -0.25) is 4.79 Å². The van der Waals surface area contributed by atoms with Crippen molar-refractivity contribution >= 4 is 11.6 Å². The molecule has 0 spiro atoms. The third-order valence-corrected chi connectivity index (χ3v) is 2.86. The van der Waals surface area contributed by atoms with Crippen molar-refractivity contribution in [1.29, 1.82) is 0 Å². The van der Waals surface area contributed by atoms with Gasteiger partial charge in [-0.1, -0.05) is 12.1 Å². The highest BCUT2D eigenvalue weighted by Crippen LogP contribution is 2.17. The smallest absolute Gasteiger partial charge is 0.247 e. The van der Waals surface area contributed by atoms with Crippen molar-refractivity contribution in [2.24, 2.45) is 5.73 Å². The number of nitrogens with one attached hydrogen (secondary N) is 1. The van der Waals surface area contributed by atoms with Crippen molar-refractivity contribution in [2.75, 3.05) is 25.5 Å². The summed E-state index contributed by atoms with van der Waals surface area (Å²) in [4.78, 5) is 12.7. The van der Waals surface area contributed by atoms with Crippen LogP contribution in [0, 0.1) is 0 Å². The van der Waals surface area contributed by atoms with Gasteiger partial charge in [0.25, 0.3) is 0 Å². The summed E-state index contributed by atoms with van der Waals surface area (Å²) in [5, 5.41) is 12.4. The van der Waals surface area contributed by atoms with Gasteiger partial charge in [0.15, 0.2) is 0 Å². The summed E-state index contributed by atoms with van der Waals surface area (Å²) in [5.41, 5.74) is 7.20. The third-order valence-electron chi connectivity index (χ3n) is 2.86. The minimum absolute atomic E-state index is 0.0511. The maximum Gasteiger partial charge on any atom is 0.247 e. The molecule has 0 aliphatic rings. The van der Waals surface area contributed by atoms with E-state index in [9.17, 15) is 9.90 Å². The van der Waals surface area contributed by atoms with Gasteiger partial charge in [0.1, 0.15) is 6.10 Å². The van der Waals surface area contributed by atoms with Gasteiger partial charge in [0, 0.05) is 32.4 Å². The van der Waals surface area contributed by atoms with Crippen LogP contribution in [-0.4, -0.2) is 37.8 Å². The Balaban J connectivity index is 2.56. The number of carbonyl (C=O) groups is 1. The number of aliphatic hydroxyl groups excluding tert-OH is 1. The minimum Gasteiger partial charge on any atom is -0.382 e. The van der Waals surface area contributed by atoms with Gasteiger partial charge >= 0.3 is 0 Å². The van der Waals surface area contributed by atoms with Crippen LogP contribution in [0.3, 0.4) is 0 Å². The first-order valence-electron chi connectivity index (χ1n) is 5.90. The third kappa shape index (κ3) is 4.01. The van der Waals surface area contributed by atoms with Crippen LogP contribution in [0.2, 0.25) is 0 Å². The lowest BCUT2D eigenvalue weighted by atomic mass is 10.1. The molecule has 5 heteroatoms. The second-order valence-corrected chi connectivity index (χ2v) is 4.53. The molecular weight excluding hydrogens is 230 g/mol. The molecule has 0 aromatic heterocycles. The Hall–Kier alpha value is -1.59. The van der Waals surface area contributed by atoms with Crippen molar-refractivity contribution < 1.29 is 9.90 Å². The van der Waals surface area contributed by atoms with Crippen molar-refractivity contribution in [1.82, 2.24) is 5.32 Å². The molecule has 1 aromatic carbocycles. The van der Waals surface area contributed by atoms with E-state index in [1.54, 1.807) is 0 Å². The summed E-state index contributed by atoms with van der Waals surface area (Å²) in [7, 11) is 3.97. The number of nitrogens with two attached hydrogens (primary N) is 1. The summed E-state index contributed by atoms with van der Waals surface area (Å²) in [6.45, 7) is 2.13. The second-order valence-electron chi connectivity index (χ2n) is 4.53. The predicted molar refractivity (Wildman–Crippen MR) is 72.4 cm³/mol. The fraction of sp³-hybridized carbons (Fsp3) is 0.462. The fourth-order valence-corrected chi connectivity index (χ4v) is 1.57. The van der Waals surface area contributed by atoms with E-state index < -0.39 is 12.0 Å². The Morgan fingerprint density at radius 2 is 1.94 bits per heavy atom. The Morgan fingerprint density at radius 3 is 2.39 bits per heavy atom. The van der Waals surface area contributed by atoms with Crippen molar-refractivity contribution in [3.05, 3.63) is 29.8 Å². The summed E-state index contributed by atoms with van der Waals surface area (Å²) < 4.78 is 0. The average molecular weight is 251 g/mol. The van der Waals surface area contributed by atoms with Gasteiger partial charge in [0.05, 0.1) is 0 Å². The van der Waals surface area contributed by atoms with E-state index in [-0.39, 0.29) is 12.6 Å². The Labute approximate surface area is 108 Å². The number of nitrogens with zero attached hydrogens (tertiary/aromatic N) is 1. The number of amides is 1. The lowest BCUT2D eigenvalue weighted by Crippen LogP contribution is -2.38. The topological polar surface area (TPSA) is 78.6 Å². The molecule has 2 unspecified atom stereocenters. The molecule has 100 valence electrons. The van der Waals surface area contributed by atoms with Crippen LogP contribution in [0.15, 0.2) is 24.3 Å². The molecule has 0 bridgehead atoms. The van der Waals surface area contributed by atoms with Gasteiger partial charge in [-0.25, -0.2) is 0 Å². The van der Waals surface area contributed by atoms with Crippen LogP contribution >= 0.6 is 0 Å². The van der Waals surface area contributed by atoms with E-state index in [2.05, 4.69) is 5.32 Å². The SMILES string of the molecule is CC(NCC(O)C(N)=O)c1ccc(N(C)C)cc1.